The summed E-state index contributed by atoms with van der Waals surface area (Å²) in [7, 11) is 0. The molecule has 20 heavy (non-hydrogen) atoms. The lowest BCUT2D eigenvalue weighted by Gasteiger charge is -2.06. The van der Waals surface area contributed by atoms with Gasteiger partial charge in [-0.15, -0.1) is 0 Å². The van der Waals surface area contributed by atoms with Gasteiger partial charge in [0.1, 0.15) is 11.6 Å². The first-order chi connectivity index (χ1) is 9.74. The molecule has 0 radical (unpaired) electrons. The summed E-state index contributed by atoms with van der Waals surface area (Å²) in [6.45, 7) is 0. The normalized spacial score (nSPS) is 10.5. The third-order valence-corrected chi connectivity index (χ3v) is 3.14. The summed E-state index contributed by atoms with van der Waals surface area (Å²) in [6.07, 6.45) is 3.45. The van der Waals surface area contributed by atoms with Crippen LogP contribution in [0.15, 0.2) is 67.0 Å². The minimum absolute atomic E-state index is 0.396. The van der Waals surface area contributed by atoms with Gasteiger partial charge in [0.15, 0.2) is 0 Å². The van der Waals surface area contributed by atoms with Crippen LogP contribution in [0.3, 0.4) is 0 Å². The highest BCUT2D eigenvalue weighted by atomic mass is 19.1. The molecule has 3 rings (SSSR count). The highest BCUT2D eigenvalue weighted by Crippen LogP contribution is 2.26. The van der Waals surface area contributed by atoms with Crippen molar-refractivity contribution in [2.24, 2.45) is 0 Å². The Morgan fingerprint density at radius 2 is 1.25 bits per heavy atom. The van der Waals surface area contributed by atoms with Crippen LogP contribution in [0.4, 0.5) is 8.78 Å². The summed E-state index contributed by atoms with van der Waals surface area (Å²) >= 11 is 0. The van der Waals surface area contributed by atoms with E-state index < -0.39 is 11.6 Å². The highest BCUT2D eigenvalue weighted by Gasteiger charge is 2.06. The monoisotopic (exact) mass is 267 g/mol. The summed E-state index contributed by atoms with van der Waals surface area (Å²) < 4.78 is 26.6. The fraction of sp³-hybridized carbons (Fsp3) is 0. The van der Waals surface area contributed by atoms with E-state index in [0.717, 1.165) is 22.8 Å². The SMILES string of the molecule is Fc1ccc(-c2ccc(-c3ccncc3)cc2)c(F)c1. The van der Waals surface area contributed by atoms with E-state index in [1.807, 2.05) is 36.4 Å². The molecule has 0 aliphatic heterocycles. The zero-order valence-corrected chi connectivity index (χ0v) is 10.6. The Balaban J connectivity index is 1.97. The quantitative estimate of drug-likeness (QED) is 0.656. The molecular formula is C17H11F2N. The summed E-state index contributed by atoms with van der Waals surface area (Å²) in [6, 6.07) is 14.9. The van der Waals surface area contributed by atoms with Gasteiger partial charge < -0.3 is 0 Å². The van der Waals surface area contributed by atoms with Gasteiger partial charge in [-0.3, -0.25) is 4.98 Å². The molecule has 3 heteroatoms. The van der Waals surface area contributed by atoms with Gasteiger partial charge in [0.25, 0.3) is 0 Å². The number of pyridine rings is 1. The molecule has 0 fully saturated rings. The van der Waals surface area contributed by atoms with Crippen molar-refractivity contribution in [1.29, 1.82) is 0 Å². The Morgan fingerprint density at radius 1 is 0.650 bits per heavy atom. The molecular weight excluding hydrogens is 256 g/mol. The van der Waals surface area contributed by atoms with E-state index in [4.69, 9.17) is 0 Å². The van der Waals surface area contributed by atoms with Crippen LogP contribution in [-0.2, 0) is 0 Å². The summed E-state index contributed by atoms with van der Waals surface area (Å²) in [5, 5.41) is 0. The van der Waals surface area contributed by atoms with E-state index in [0.29, 0.717) is 5.56 Å². The lowest BCUT2D eigenvalue weighted by molar-refractivity contribution is 0.585. The van der Waals surface area contributed by atoms with Crippen LogP contribution in [0, 0.1) is 11.6 Å². The van der Waals surface area contributed by atoms with Gasteiger partial charge in [-0.1, -0.05) is 24.3 Å². The molecule has 0 saturated heterocycles. The van der Waals surface area contributed by atoms with E-state index in [1.165, 1.54) is 12.1 Å². The molecule has 0 aliphatic carbocycles. The summed E-state index contributed by atoms with van der Waals surface area (Å²) in [5.41, 5.74) is 3.19. The number of halogens is 2. The molecule has 98 valence electrons. The van der Waals surface area contributed by atoms with E-state index in [1.54, 1.807) is 12.4 Å². The first kappa shape index (κ1) is 12.5. The molecule has 1 nitrogen and oxygen atoms in total. The average molecular weight is 267 g/mol. The van der Waals surface area contributed by atoms with E-state index >= 15 is 0 Å². The zero-order valence-electron chi connectivity index (χ0n) is 10.6. The second kappa shape index (κ2) is 5.21. The molecule has 0 atom stereocenters. The predicted molar refractivity (Wildman–Crippen MR) is 75.0 cm³/mol. The molecule has 0 spiro atoms. The predicted octanol–water partition coefficient (Wildman–Crippen LogP) is 4.69. The van der Waals surface area contributed by atoms with Gasteiger partial charge in [0.2, 0.25) is 0 Å². The minimum atomic E-state index is -0.570. The first-order valence-electron chi connectivity index (χ1n) is 6.20. The minimum Gasteiger partial charge on any atom is -0.265 e. The van der Waals surface area contributed by atoms with Gasteiger partial charge >= 0.3 is 0 Å². The number of benzene rings is 2. The number of hydrogen-bond acceptors (Lipinski definition) is 1. The van der Waals surface area contributed by atoms with Crippen molar-refractivity contribution in [3.8, 4) is 22.3 Å². The van der Waals surface area contributed by atoms with Crippen LogP contribution in [0.2, 0.25) is 0 Å². The Labute approximate surface area is 115 Å². The van der Waals surface area contributed by atoms with Crippen LogP contribution in [-0.4, -0.2) is 4.98 Å². The van der Waals surface area contributed by atoms with Crippen molar-refractivity contribution in [3.05, 3.63) is 78.6 Å². The highest BCUT2D eigenvalue weighted by molar-refractivity contribution is 5.70. The van der Waals surface area contributed by atoms with E-state index in [2.05, 4.69) is 4.98 Å². The van der Waals surface area contributed by atoms with Gasteiger partial charge in [0.05, 0.1) is 0 Å². The molecule has 0 saturated carbocycles. The molecule has 1 heterocycles. The third kappa shape index (κ3) is 2.43. The topological polar surface area (TPSA) is 12.9 Å². The maximum atomic E-state index is 13.7. The smallest absolute Gasteiger partial charge is 0.133 e. The molecule has 0 N–H and O–H groups in total. The van der Waals surface area contributed by atoms with Crippen LogP contribution in [0.25, 0.3) is 22.3 Å². The zero-order chi connectivity index (χ0) is 13.9. The maximum absolute atomic E-state index is 13.7. The first-order valence-corrected chi connectivity index (χ1v) is 6.20. The van der Waals surface area contributed by atoms with Crippen molar-refractivity contribution >= 4 is 0 Å². The second-order valence-electron chi connectivity index (χ2n) is 4.44. The van der Waals surface area contributed by atoms with Gasteiger partial charge in [0, 0.05) is 24.0 Å². The van der Waals surface area contributed by atoms with Crippen LogP contribution < -0.4 is 0 Å². The molecule has 0 bridgehead atoms. The number of aromatic nitrogens is 1. The fourth-order valence-corrected chi connectivity index (χ4v) is 2.11. The van der Waals surface area contributed by atoms with Crippen molar-refractivity contribution < 1.29 is 8.78 Å². The Hall–Kier alpha value is -2.55. The van der Waals surface area contributed by atoms with Crippen LogP contribution >= 0.6 is 0 Å². The molecule has 3 aromatic rings. The fourth-order valence-electron chi connectivity index (χ4n) is 2.11. The third-order valence-electron chi connectivity index (χ3n) is 3.14. The lowest BCUT2D eigenvalue weighted by atomic mass is 10.0. The Bertz CT molecular complexity index is 722. The molecule has 0 unspecified atom stereocenters. The Kier molecular flexibility index (Phi) is 3.25. The second-order valence-corrected chi connectivity index (χ2v) is 4.44. The maximum Gasteiger partial charge on any atom is 0.133 e. The van der Waals surface area contributed by atoms with Crippen LogP contribution in [0.5, 0.6) is 0 Å². The van der Waals surface area contributed by atoms with Gasteiger partial charge in [-0.25, -0.2) is 8.78 Å². The van der Waals surface area contributed by atoms with Crippen LogP contribution in [0.1, 0.15) is 0 Å². The number of rotatable bonds is 2. The standard InChI is InChI=1S/C17H11F2N/c18-15-5-6-16(17(19)11-15)14-3-1-12(2-4-14)13-7-9-20-10-8-13/h1-11H. The summed E-state index contributed by atoms with van der Waals surface area (Å²) in [5.74, 6) is -1.12. The molecule has 0 amide bonds. The van der Waals surface area contributed by atoms with Gasteiger partial charge in [-0.05, 0) is 41.0 Å². The van der Waals surface area contributed by atoms with Crippen molar-refractivity contribution in [2.75, 3.05) is 0 Å². The van der Waals surface area contributed by atoms with E-state index in [-0.39, 0.29) is 0 Å². The Morgan fingerprint density at radius 3 is 1.90 bits per heavy atom. The largest absolute Gasteiger partial charge is 0.265 e. The van der Waals surface area contributed by atoms with Crippen molar-refractivity contribution in [3.63, 3.8) is 0 Å². The molecule has 1 aromatic heterocycles. The van der Waals surface area contributed by atoms with E-state index in [9.17, 15) is 8.78 Å². The van der Waals surface area contributed by atoms with Crippen molar-refractivity contribution in [2.45, 2.75) is 0 Å². The summed E-state index contributed by atoms with van der Waals surface area (Å²) in [4.78, 5) is 3.97. The van der Waals surface area contributed by atoms with Crippen molar-refractivity contribution in [1.82, 2.24) is 4.98 Å². The average Bonchev–Trinajstić information content (AvgIpc) is 2.48. The van der Waals surface area contributed by atoms with Gasteiger partial charge in [-0.2, -0.15) is 0 Å². The lowest BCUT2D eigenvalue weighted by Crippen LogP contribution is -1.86. The number of hydrogen-bond donors (Lipinski definition) is 0. The molecule has 2 aromatic carbocycles. The number of nitrogens with zero attached hydrogens (tertiary/aromatic N) is 1. The molecule has 0 aliphatic rings.